The van der Waals surface area contributed by atoms with E-state index in [0.717, 1.165) is 52.5 Å². The smallest absolute Gasteiger partial charge is 0.417 e. The maximum absolute atomic E-state index is 13.7. The zero-order chi connectivity index (χ0) is 34.5. The number of hydrogen-bond donors (Lipinski definition) is 4. The van der Waals surface area contributed by atoms with Crippen LogP contribution in [0.15, 0.2) is 23.2 Å². The van der Waals surface area contributed by atoms with Crippen LogP contribution in [-0.2, 0) is 9.53 Å². The SMILES string of the molecule is C=Nc1c(NC)cc(NC(=O)CCNCCCCCNC)nc1C=O.COc1c(C2CO[C@@](C)(C(F)(F)F)C2C)ccc(F)c1F. The molecule has 1 aromatic heterocycles. The molecule has 1 aliphatic rings. The van der Waals surface area contributed by atoms with Gasteiger partial charge in [-0.15, -0.1) is 0 Å². The third kappa shape index (κ3) is 9.66. The Bertz CT molecular complexity index is 1330. The monoisotopic (exact) mass is 658 g/mol. The van der Waals surface area contributed by atoms with Crippen LogP contribution in [-0.4, -0.2) is 83.1 Å². The van der Waals surface area contributed by atoms with Gasteiger partial charge in [-0.2, -0.15) is 17.6 Å². The maximum Gasteiger partial charge on any atom is 0.417 e. The van der Waals surface area contributed by atoms with Crippen LogP contribution in [0, 0.1) is 17.6 Å². The number of benzene rings is 1. The lowest BCUT2D eigenvalue weighted by atomic mass is 9.79. The largest absolute Gasteiger partial charge is 0.493 e. The van der Waals surface area contributed by atoms with E-state index in [-0.39, 0.29) is 29.5 Å². The standard InChI is InChI=1S/C17H28N6O2.C14H15F5O2/c1-18-8-5-4-6-9-21-10-7-16(25)23-15-11-13(19-2)17(20-3)14(12-24)22-15;1-7-9(6-21-13(7,2)14(17,18)19)8-4-5-10(15)11(16)12(8)20-3/h11-12,18,21H,3-10H2,1-2H3,(H2,19,22,23,25);4-5,7,9H,6H2,1-3H3/t;7?,9?,13-/m.1/s1. The van der Waals surface area contributed by atoms with Crippen LogP contribution < -0.4 is 26.0 Å². The summed E-state index contributed by atoms with van der Waals surface area (Å²) in [6.07, 6.45) is -0.204. The average Bonchev–Trinajstić information content (AvgIpc) is 3.34. The first-order valence-electron chi connectivity index (χ1n) is 14.8. The molecule has 0 bridgehead atoms. The minimum atomic E-state index is -4.55. The summed E-state index contributed by atoms with van der Waals surface area (Å²) in [5.41, 5.74) is -1.06. The first kappa shape index (κ1) is 38.5. The Morgan fingerprint density at radius 1 is 1.20 bits per heavy atom. The lowest BCUT2D eigenvalue weighted by Crippen LogP contribution is -2.46. The Morgan fingerprint density at radius 3 is 2.46 bits per heavy atom. The van der Waals surface area contributed by atoms with Crippen molar-refractivity contribution in [3.05, 3.63) is 41.1 Å². The molecule has 2 unspecified atom stereocenters. The number of methoxy groups -OCH3 is 1. The van der Waals surface area contributed by atoms with E-state index in [2.05, 4.69) is 38.0 Å². The third-order valence-corrected chi connectivity index (χ3v) is 7.92. The molecule has 3 rings (SSSR count). The van der Waals surface area contributed by atoms with Crippen molar-refractivity contribution in [3.8, 4) is 5.75 Å². The van der Waals surface area contributed by atoms with Crippen LogP contribution in [0.4, 0.5) is 39.1 Å². The van der Waals surface area contributed by atoms with Gasteiger partial charge in [0.2, 0.25) is 11.7 Å². The molecule has 0 aliphatic carbocycles. The van der Waals surface area contributed by atoms with Crippen molar-refractivity contribution in [2.24, 2.45) is 10.9 Å². The van der Waals surface area contributed by atoms with Crippen molar-refractivity contribution < 1.29 is 41.0 Å². The Morgan fingerprint density at radius 2 is 1.89 bits per heavy atom. The van der Waals surface area contributed by atoms with Crippen molar-refractivity contribution in [2.75, 3.05) is 58.1 Å². The topological polar surface area (TPSA) is 126 Å². The van der Waals surface area contributed by atoms with Crippen molar-refractivity contribution in [1.29, 1.82) is 0 Å². The summed E-state index contributed by atoms with van der Waals surface area (Å²) in [4.78, 5) is 31.0. The van der Waals surface area contributed by atoms with Gasteiger partial charge in [0, 0.05) is 43.5 Å². The van der Waals surface area contributed by atoms with Gasteiger partial charge in [-0.05, 0) is 52.7 Å². The molecule has 2 heterocycles. The predicted octanol–water partition coefficient (Wildman–Crippen LogP) is 5.62. The van der Waals surface area contributed by atoms with Crippen molar-refractivity contribution in [1.82, 2.24) is 15.6 Å². The number of alkyl halides is 3. The van der Waals surface area contributed by atoms with E-state index in [1.54, 1.807) is 13.1 Å². The van der Waals surface area contributed by atoms with E-state index in [4.69, 9.17) is 9.47 Å². The summed E-state index contributed by atoms with van der Waals surface area (Å²) in [6.45, 7) is 8.07. The minimum Gasteiger partial charge on any atom is -0.493 e. The summed E-state index contributed by atoms with van der Waals surface area (Å²) < 4.78 is 76.0. The molecule has 15 heteroatoms. The highest BCUT2D eigenvalue weighted by atomic mass is 19.4. The number of carbonyl (C=O) groups excluding carboxylic acids is 2. The van der Waals surface area contributed by atoms with Crippen molar-refractivity contribution in [2.45, 2.75) is 57.2 Å². The number of nitrogens with one attached hydrogen (secondary N) is 4. The molecule has 1 aromatic carbocycles. The van der Waals surface area contributed by atoms with Crippen molar-refractivity contribution in [3.63, 3.8) is 0 Å². The van der Waals surface area contributed by atoms with E-state index in [0.29, 0.717) is 36.4 Å². The van der Waals surface area contributed by atoms with Gasteiger partial charge in [-0.3, -0.25) is 14.6 Å². The van der Waals surface area contributed by atoms with Gasteiger partial charge in [-0.1, -0.05) is 19.4 Å². The Kier molecular flexibility index (Phi) is 14.9. The van der Waals surface area contributed by atoms with Crippen LogP contribution >= 0.6 is 0 Å². The lowest BCUT2D eigenvalue weighted by Gasteiger charge is -2.32. The van der Waals surface area contributed by atoms with E-state index in [9.17, 15) is 31.5 Å². The van der Waals surface area contributed by atoms with Gasteiger partial charge >= 0.3 is 6.18 Å². The highest BCUT2D eigenvalue weighted by molar-refractivity contribution is 5.94. The van der Waals surface area contributed by atoms with Crippen molar-refractivity contribution >= 4 is 36.1 Å². The van der Waals surface area contributed by atoms with E-state index < -0.39 is 35.2 Å². The van der Waals surface area contributed by atoms with Gasteiger partial charge in [0.25, 0.3) is 0 Å². The van der Waals surface area contributed by atoms with Crippen LogP contribution in [0.3, 0.4) is 0 Å². The maximum atomic E-state index is 13.7. The van der Waals surface area contributed by atoms with Gasteiger partial charge in [0.1, 0.15) is 17.2 Å². The first-order valence-corrected chi connectivity index (χ1v) is 14.8. The number of amides is 1. The van der Waals surface area contributed by atoms with Gasteiger partial charge in [-0.25, -0.2) is 9.37 Å². The molecular formula is C31H43F5N6O4. The molecule has 2 aromatic rings. The van der Waals surface area contributed by atoms with Gasteiger partial charge < -0.3 is 30.7 Å². The number of carbonyl (C=O) groups is 2. The summed E-state index contributed by atoms with van der Waals surface area (Å²) in [6, 6.07) is 3.75. The highest BCUT2D eigenvalue weighted by Crippen LogP contribution is 2.51. The second-order valence-corrected chi connectivity index (χ2v) is 10.8. The van der Waals surface area contributed by atoms with E-state index in [1.165, 1.54) is 13.0 Å². The fraction of sp³-hybridized carbons (Fsp3) is 0.548. The second kappa shape index (κ2) is 17.9. The van der Waals surface area contributed by atoms with Crippen LogP contribution in [0.25, 0.3) is 0 Å². The molecule has 256 valence electrons. The quantitative estimate of drug-likeness (QED) is 0.0842. The molecule has 1 aliphatic heterocycles. The molecule has 1 amide bonds. The fourth-order valence-corrected chi connectivity index (χ4v) is 4.99. The van der Waals surface area contributed by atoms with E-state index >= 15 is 0 Å². The number of anilines is 2. The molecule has 1 saturated heterocycles. The number of aldehydes is 1. The zero-order valence-electron chi connectivity index (χ0n) is 26.7. The zero-order valence-corrected chi connectivity index (χ0v) is 26.7. The van der Waals surface area contributed by atoms with Crippen LogP contribution in [0.2, 0.25) is 0 Å². The van der Waals surface area contributed by atoms with E-state index in [1.807, 2.05) is 7.05 Å². The minimum absolute atomic E-state index is 0.136. The number of halogens is 5. The molecule has 4 N–H and O–H groups in total. The Labute approximate surface area is 265 Å². The number of pyridine rings is 1. The molecule has 3 atom stereocenters. The number of aromatic nitrogens is 1. The molecule has 0 spiro atoms. The van der Waals surface area contributed by atoms with Crippen LogP contribution in [0.5, 0.6) is 5.75 Å². The highest BCUT2D eigenvalue weighted by Gasteiger charge is 2.61. The number of hydrogen-bond acceptors (Lipinski definition) is 9. The molecule has 10 nitrogen and oxygen atoms in total. The summed E-state index contributed by atoms with van der Waals surface area (Å²) >= 11 is 0. The summed E-state index contributed by atoms with van der Waals surface area (Å²) in [5, 5.41) is 12.0. The lowest BCUT2D eigenvalue weighted by molar-refractivity contribution is -0.266. The molecule has 0 radical (unpaired) electrons. The molecular weight excluding hydrogens is 615 g/mol. The van der Waals surface area contributed by atoms with Gasteiger partial charge in [0.15, 0.2) is 23.5 Å². The second-order valence-electron chi connectivity index (χ2n) is 10.8. The summed E-state index contributed by atoms with van der Waals surface area (Å²) in [5.74, 6) is -4.23. The number of aliphatic imine (C=N–C) groups is 1. The molecule has 46 heavy (non-hydrogen) atoms. The first-order chi connectivity index (χ1) is 21.8. The third-order valence-electron chi connectivity index (χ3n) is 7.92. The number of rotatable bonds is 15. The number of ether oxygens (including phenoxy) is 2. The summed E-state index contributed by atoms with van der Waals surface area (Å²) in [7, 11) is 4.79. The van der Waals surface area contributed by atoms with Crippen LogP contribution in [0.1, 0.15) is 61.5 Å². The van der Waals surface area contributed by atoms with Gasteiger partial charge in [0.05, 0.1) is 19.4 Å². The number of nitrogens with zero attached hydrogens (tertiary/aromatic N) is 2. The normalized spacial score (nSPS) is 19.2. The Hall–Kier alpha value is -3.69. The number of unbranched alkanes of at least 4 members (excludes halogenated alkanes) is 2. The average molecular weight is 659 g/mol. The Balaban J connectivity index is 0.000000324. The predicted molar refractivity (Wildman–Crippen MR) is 168 cm³/mol. The fourth-order valence-electron chi connectivity index (χ4n) is 4.99. The molecule has 1 fully saturated rings. The molecule has 0 saturated carbocycles.